The van der Waals surface area contributed by atoms with Crippen LogP contribution in [-0.2, 0) is 15.9 Å². The van der Waals surface area contributed by atoms with Crippen LogP contribution in [0.4, 0.5) is 0 Å². The summed E-state index contributed by atoms with van der Waals surface area (Å²) in [4.78, 5) is 11.6. The SMILES string of the molecule is CCCCOCCOCCc1cc(OCCCCCCOc2ccc(-c3ccc(C#N)cc3)cc2)cc(C(=O)O)c1. The lowest BCUT2D eigenvalue weighted by Crippen LogP contribution is -2.08. The summed E-state index contributed by atoms with van der Waals surface area (Å²) in [5.74, 6) is 0.451. The van der Waals surface area contributed by atoms with Crippen LogP contribution in [0, 0.1) is 11.3 Å². The summed E-state index contributed by atoms with van der Waals surface area (Å²) in [6, 6.07) is 22.8. The molecule has 0 aliphatic carbocycles. The van der Waals surface area contributed by atoms with Gasteiger partial charge in [0.25, 0.3) is 0 Å². The molecule has 0 bridgehead atoms. The number of carboxylic acids is 1. The highest BCUT2D eigenvalue weighted by atomic mass is 16.5. The average molecular weight is 560 g/mol. The van der Waals surface area contributed by atoms with Gasteiger partial charge in [-0.3, -0.25) is 0 Å². The highest BCUT2D eigenvalue weighted by Crippen LogP contribution is 2.23. The minimum absolute atomic E-state index is 0.225. The van der Waals surface area contributed by atoms with E-state index >= 15 is 0 Å². The quantitative estimate of drug-likeness (QED) is 0.145. The summed E-state index contributed by atoms with van der Waals surface area (Å²) >= 11 is 0. The first-order valence-electron chi connectivity index (χ1n) is 14.5. The first kappa shape index (κ1) is 31.7. The molecule has 7 heteroatoms. The van der Waals surface area contributed by atoms with E-state index in [1.54, 1.807) is 12.1 Å². The van der Waals surface area contributed by atoms with E-state index in [0.717, 1.165) is 67.6 Å². The lowest BCUT2D eigenvalue weighted by Gasteiger charge is -2.11. The number of hydrogen-bond acceptors (Lipinski definition) is 6. The van der Waals surface area contributed by atoms with Crippen LogP contribution >= 0.6 is 0 Å². The standard InChI is InChI=1S/C34H41NO6/c1-2-3-17-38-21-22-39-20-16-28-23-31(34(36)37)25-33(24-28)41-19-7-5-4-6-18-40-32-14-12-30(13-15-32)29-10-8-27(26-35)9-11-29/h8-15,23-25H,2-7,16-22H2,1H3,(H,36,37). The molecule has 0 amide bonds. The predicted octanol–water partition coefficient (Wildman–Crippen LogP) is 7.32. The first-order valence-corrected chi connectivity index (χ1v) is 14.5. The van der Waals surface area contributed by atoms with Crippen molar-refractivity contribution >= 4 is 5.97 Å². The van der Waals surface area contributed by atoms with E-state index in [1.165, 1.54) is 0 Å². The second-order valence-corrected chi connectivity index (χ2v) is 9.82. The van der Waals surface area contributed by atoms with Gasteiger partial charge >= 0.3 is 5.97 Å². The van der Waals surface area contributed by atoms with Gasteiger partial charge in [-0.25, -0.2) is 4.79 Å². The van der Waals surface area contributed by atoms with Crippen LogP contribution in [-0.4, -0.2) is 50.7 Å². The molecule has 7 nitrogen and oxygen atoms in total. The molecule has 0 spiro atoms. The number of nitriles is 1. The fraction of sp³-hybridized carbons (Fsp3) is 0.412. The largest absolute Gasteiger partial charge is 0.494 e. The van der Waals surface area contributed by atoms with E-state index in [4.69, 9.17) is 24.2 Å². The van der Waals surface area contributed by atoms with Crippen LogP contribution in [0.15, 0.2) is 66.7 Å². The van der Waals surface area contributed by atoms with E-state index in [0.29, 0.717) is 50.8 Å². The molecule has 0 aromatic heterocycles. The Bertz CT molecular complexity index is 1220. The monoisotopic (exact) mass is 559 g/mol. The number of rotatable bonds is 20. The fourth-order valence-corrected chi connectivity index (χ4v) is 4.19. The second-order valence-electron chi connectivity index (χ2n) is 9.82. The number of ether oxygens (including phenoxy) is 4. The summed E-state index contributed by atoms with van der Waals surface area (Å²) in [5, 5.41) is 18.4. The number of carbonyl (C=O) groups is 1. The zero-order chi connectivity index (χ0) is 29.1. The molecule has 0 aliphatic heterocycles. The summed E-state index contributed by atoms with van der Waals surface area (Å²) in [7, 11) is 0. The molecular formula is C34H41NO6. The average Bonchev–Trinajstić information content (AvgIpc) is 3.00. The molecule has 0 unspecified atom stereocenters. The van der Waals surface area contributed by atoms with Crippen molar-refractivity contribution in [2.75, 3.05) is 39.6 Å². The summed E-state index contributed by atoms with van der Waals surface area (Å²) in [6.45, 7) is 5.67. The Morgan fingerprint density at radius 2 is 1.32 bits per heavy atom. The van der Waals surface area contributed by atoms with Crippen LogP contribution < -0.4 is 9.47 Å². The number of nitrogens with zero attached hydrogens (tertiary/aromatic N) is 1. The molecule has 41 heavy (non-hydrogen) atoms. The van der Waals surface area contributed by atoms with Gasteiger partial charge in [-0.15, -0.1) is 0 Å². The zero-order valence-corrected chi connectivity index (χ0v) is 24.0. The maximum Gasteiger partial charge on any atom is 0.335 e. The fourth-order valence-electron chi connectivity index (χ4n) is 4.19. The van der Waals surface area contributed by atoms with Gasteiger partial charge in [-0.2, -0.15) is 5.26 Å². The first-order chi connectivity index (χ1) is 20.1. The number of carboxylic acid groups (broad SMARTS) is 1. The van der Waals surface area contributed by atoms with Crippen molar-refractivity contribution in [1.82, 2.24) is 0 Å². The molecule has 0 fully saturated rings. The molecule has 218 valence electrons. The maximum absolute atomic E-state index is 11.6. The van der Waals surface area contributed by atoms with Crippen LogP contribution in [0.25, 0.3) is 11.1 Å². The summed E-state index contributed by atoms with van der Waals surface area (Å²) < 4.78 is 22.9. The normalized spacial score (nSPS) is 10.7. The van der Waals surface area contributed by atoms with E-state index in [-0.39, 0.29) is 5.56 Å². The van der Waals surface area contributed by atoms with Crippen molar-refractivity contribution in [3.63, 3.8) is 0 Å². The molecule has 1 N–H and O–H groups in total. The van der Waals surface area contributed by atoms with Gasteiger partial charge in [0.15, 0.2) is 0 Å². The number of unbranched alkanes of at least 4 members (excludes halogenated alkanes) is 4. The van der Waals surface area contributed by atoms with E-state index in [9.17, 15) is 9.90 Å². The lowest BCUT2D eigenvalue weighted by atomic mass is 10.0. The second kappa shape index (κ2) is 18.5. The van der Waals surface area contributed by atoms with Crippen LogP contribution in [0.1, 0.15) is 66.9 Å². The van der Waals surface area contributed by atoms with Crippen molar-refractivity contribution in [1.29, 1.82) is 5.26 Å². The molecule has 0 radical (unpaired) electrons. The van der Waals surface area contributed by atoms with Gasteiger partial charge in [0.05, 0.1) is 50.2 Å². The smallest absolute Gasteiger partial charge is 0.335 e. The Morgan fingerprint density at radius 1 is 0.707 bits per heavy atom. The molecular weight excluding hydrogens is 518 g/mol. The van der Waals surface area contributed by atoms with Gasteiger partial charge in [0.2, 0.25) is 0 Å². The van der Waals surface area contributed by atoms with Crippen LogP contribution in [0.3, 0.4) is 0 Å². The molecule has 0 atom stereocenters. The third kappa shape index (κ3) is 12.0. The highest BCUT2D eigenvalue weighted by Gasteiger charge is 2.09. The molecule has 3 aromatic rings. The summed E-state index contributed by atoms with van der Waals surface area (Å²) in [6.07, 6.45) is 6.63. The Labute approximate surface area is 243 Å². The maximum atomic E-state index is 11.6. The molecule has 0 aliphatic rings. The van der Waals surface area contributed by atoms with Crippen molar-refractivity contribution < 1.29 is 28.8 Å². The van der Waals surface area contributed by atoms with Crippen molar-refractivity contribution in [2.45, 2.75) is 51.9 Å². The molecule has 3 rings (SSSR count). The third-order valence-corrected chi connectivity index (χ3v) is 6.54. The van der Waals surface area contributed by atoms with E-state index < -0.39 is 5.97 Å². The Hall–Kier alpha value is -3.86. The third-order valence-electron chi connectivity index (χ3n) is 6.54. The van der Waals surface area contributed by atoms with Crippen molar-refractivity contribution in [2.24, 2.45) is 0 Å². The zero-order valence-electron chi connectivity index (χ0n) is 24.0. The Morgan fingerprint density at radius 3 is 1.93 bits per heavy atom. The minimum atomic E-state index is -0.967. The summed E-state index contributed by atoms with van der Waals surface area (Å²) in [5.41, 5.74) is 3.91. The number of hydrogen-bond donors (Lipinski definition) is 1. The van der Waals surface area contributed by atoms with E-state index in [2.05, 4.69) is 13.0 Å². The highest BCUT2D eigenvalue weighted by molar-refractivity contribution is 5.88. The predicted molar refractivity (Wildman–Crippen MR) is 160 cm³/mol. The lowest BCUT2D eigenvalue weighted by molar-refractivity contribution is 0.0478. The minimum Gasteiger partial charge on any atom is -0.494 e. The van der Waals surface area contributed by atoms with Gasteiger partial charge in [0, 0.05) is 6.61 Å². The molecule has 0 heterocycles. The topological polar surface area (TPSA) is 98.0 Å². The van der Waals surface area contributed by atoms with Gasteiger partial charge < -0.3 is 24.1 Å². The molecule has 3 aromatic carbocycles. The van der Waals surface area contributed by atoms with E-state index in [1.807, 2.05) is 54.6 Å². The van der Waals surface area contributed by atoms with Gasteiger partial charge in [0.1, 0.15) is 11.5 Å². The van der Waals surface area contributed by atoms with Crippen LogP contribution in [0.2, 0.25) is 0 Å². The van der Waals surface area contributed by atoms with Crippen molar-refractivity contribution in [3.05, 3.63) is 83.4 Å². The van der Waals surface area contributed by atoms with Crippen molar-refractivity contribution in [3.8, 4) is 28.7 Å². The Balaban J connectivity index is 1.30. The molecule has 0 saturated heterocycles. The Kier molecular flexibility index (Phi) is 14.3. The van der Waals surface area contributed by atoms with Crippen LogP contribution in [0.5, 0.6) is 11.5 Å². The van der Waals surface area contributed by atoms with Gasteiger partial charge in [-0.05, 0) is 97.7 Å². The number of benzene rings is 3. The number of aromatic carboxylic acids is 1. The van der Waals surface area contributed by atoms with Gasteiger partial charge in [-0.1, -0.05) is 37.6 Å². The molecule has 0 saturated carbocycles.